The van der Waals surface area contributed by atoms with Gasteiger partial charge in [0, 0.05) is 24.1 Å². The molecule has 1 aliphatic heterocycles. The summed E-state index contributed by atoms with van der Waals surface area (Å²) in [6.07, 6.45) is 3.53. The molecule has 0 atom stereocenters. The molecule has 2 aromatic heterocycles. The second-order valence-corrected chi connectivity index (χ2v) is 12.9. The van der Waals surface area contributed by atoms with Crippen molar-refractivity contribution in [2.45, 2.75) is 44.0 Å². The van der Waals surface area contributed by atoms with E-state index >= 15 is 4.39 Å². The first-order chi connectivity index (χ1) is 23.6. The van der Waals surface area contributed by atoms with Gasteiger partial charge in [-0.3, -0.25) is 24.0 Å². The highest BCUT2D eigenvalue weighted by molar-refractivity contribution is 6.31. The van der Waals surface area contributed by atoms with Gasteiger partial charge in [-0.2, -0.15) is 15.5 Å². The summed E-state index contributed by atoms with van der Waals surface area (Å²) in [5.41, 5.74) is -0.943. The Hall–Kier alpha value is -5.61. The fourth-order valence-corrected chi connectivity index (χ4v) is 6.25. The number of nitriles is 1. The van der Waals surface area contributed by atoms with Crippen molar-refractivity contribution in [3.8, 4) is 40.0 Å². The zero-order chi connectivity index (χ0) is 34.2. The van der Waals surface area contributed by atoms with Gasteiger partial charge >= 0.3 is 0 Å². The maximum atomic E-state index is 16.0. The van der Waals surface area contributed by atoms with Gasteiger partial charge < -0.3 is 9.47 Å². The van der Waals surface area contributed by atoms with Gasteiger partial charge in [0.1, 0.15) is 35.4 Å². The number of aromatic nitrogens is 4. The topological polar surface area (TPSA) is 143 Å². The molecule has 2 amide bonds. The highest BCUT2D eigenvalue weighted by atomic mass is 35.5. The number of amides is 2. The molecule has 3 aromatic carbocycles. The molecule has 8 rings (SSSR count). The maximum Gasteiger partial charge on any atom is 0.275 e. The van der Waals surface area contributed by atoms with Crippen LogP contribution in [-0.4, -0.2) is 55.1 Å². The SMILES string of the molecule is Cn1ncc(-c2cc(OCC3(F)CC3)c3c(=O)[nH]nc(CN4C(=O)c5ccccc5C4=O)c3c2)c1-c1c(F)c(Cl)cc(OC2CC2)c1C#N. The van der Waals surface area contributed by atoms with Crippen molar-refractivity contribution >= 4 is 34.2 Å². The fraction of sp³-hybridized carbons (Fsp3) is 0.257. The van der Waals surface area contributed by atoms with Gasteiger partial charge in [0.25, 0.3) is 17.4 Å². The molecule has 0 radical (unpaired) electrons. The number of aryl methyl sites for hydroxylation is 1. The van der Waals surface area contributed by atoms with E-state index in [0.717, 1.165) is 17.7 Å². The van der Waals surface area contributed by atoms with Crippen LogP contribution in [-0.2, 0) is 13.6 Å². The van der Waals surface area contributed by atoms with Crippen LogP contribution in [0.4, 0.5) is 8.78 Å². The molecule has 5 aromatic rings. The third-order valence-electron chi connectivity index (χ3n) is 9.00. The van der Waals surface area contributed by atoms with Crippen LogP contribution in [0.2, 0.25) is 5.02 Å². The van der Waals surface area contributed by atoms with E-state index in [4.69, 9.17) is 21.1 Å². The summed E-state index contributed by atoms with van der Waals surface area (Å²) in [4.78, 5) is 40.8. The van der Waals surface area contributed by atoms with Crippen LogP contribution in [0.5, 0.6) is 11.5 Å². The van der Waals surface area contributed by atoms with Crippen molar-refractivity contribution in [2.24, 2.45) is 7.05 Å². The molecule has 0 bridgehead atoms. The molecule has 1 N–H and O–H groups in total. The number of fused-ring (bicyclic) bond motifs is 2. The number of nitrogens with zero attached hydrogens (tertiary/aromatic N) is 5. The third-order valence-corrected chi connectivity index (χ3v) is 9.27. The van der Waals surface area contributed by atoms with Gasteiger partial charge in [0.2, 0.25) is 0 Å². The van der Waals surface area contributed by atoms with E-state index in [0.29, 0.717) is 24.0 Å². The summed E-state index contributed by atoms with van der Waals surface area (Å²) in [7, 11) is 1.57. The number of carbonyl (C=O) groups is 2. The Labute approximate surface area is 281 Å². The number of rotatable bonds is 9. The summed E-state index contributed by atoms with van der Waals surface area (Å²) < 4.78 is 44.1. The summed E-state index contributed by atoms with van der Waals surface area (Å²) in [6.45, 7) is -0.636. The summed E-state index contributed by atoms with van der Waals surface area (Å²) in [5.74, 6) is -1.77. The van der Waals surface area contributed by atoms with Crippen molar-refractivity contribution in [1.82, 2.24) is 24.9 Å². The minimum Gasteiger partial charge on any atom is -0.489 e. The van der Waals surface area contributed by atoms with Gasteiger partial charge in [0.05, 0.1) is 57.3 Å². The molecule has 246 valence electrons. The average Bonchev–Trinajstić information content (AvgIpc) is 4.01. The lowest BCUT2D eigenvalue weighted by Gasteiger charge is -2.18. The van der Waals surface area contributed by atoms with E-state index in [1.807, 2.05) is 0 Å². The number of nitrogens with one attached hydrogen (secondary N) is 1. The van der Waals surface area contributed by atoms with Crippen LogP contribution in [0.3, 0.4) is 0 Å². The molecule has 0 unspecified atom stereocenters. The molecule has 14 heteroatoms. The quantitative estimate of drug-likeness (QED) is 0.190. The van der Waals surface area contributed by atoms with Crippen LogP contribution in [0, 0.1) is 17.1 Å². The molecular weight excluding hydrogens is 658 g/mol. The van der Waals surface area contributed by atoms with Crippen LogP contribution in [0.15, 0.2) is 53.5 Å². The summed E-state index contributed by atoms with van der Waals surface area (Å²) in [6, 6.07) is 12.8. The number of alkyl halides is 1. The zero-order valence-corrected chi connectivity index (χ0v) is 26.6. The molecule has 2 fully saturated rings. The lowest BCUT2D eigenvalue weighted by atomic mass is 9.95. The average molecular weight is 683 g/mol. The molecule has 11 nitrogen and oxygen atoms in total. The molecule has 2 aliphatic carbocycles. The molecule has 0 saturated heterocycles. The number of ether oxygens (including phenoxy) is 2. The number of halogens is 3. The van der Waals surface area contributed by atoms with Crippen molar-refractivity contribution in [3.63, 3.8) is 0 Å². The minimum absolute atomic E-state index is 0.00307. The van der Waals surface area contributed by atoms with E-state index in [1.54, 1.807) is 37.4 Å². The predicted octanol–water partition coefficient (Wildman–Crippen LogP) is 5.87. The Kier molecular flexibility index (Phi) is 7.04. The van der Waals surface area contributed by atoms with E-state index in [9.17, 15) is 24.0 Å². The maximum absolute atomic E-state index is 16.0. The number of imide groups is 1. The van der Waals surface area contributed by atoms with E-state index in [2.05, 4.69) is 21.4 Å². The lowest BCUT2D eigenvalue weighted by molar-refractivity contribution is 0.0640. The smallest absolute Gasteiger partial charge is 0.275 e. The van der Waals surface area contributed by atoms with Gasteiger partial charge in [0.15, 0.2) is 5.82 Å². The zero-order valence-electron chi connectivity index (χ0n) is 25.8. The number of hydrogen-bond acceptors (Lipinski definition) is 8. The predicted molar refractivity (Wildman–Crippen MR) is 173 cm³/mol. The molecule has 49 heavy (non-hydrogen) atoms. The third kappa shape index (κ3) is 5.19. The number of aromatic amines is 1. The van der Waals surface area contributed by atoms with Crippen molar-refractivity contribution < 1.29 is 27.8 Å². The first-order valence-corrected chi connectivity index (χ1v) is 15.9. The molecule has 0 spiro atoms. The monoisotopic (exact) mass is 682 g/mol. The van der Waals surface area contributed by atoms with E-state index in [-0.39, 0.29) is 80.2 Å². The molecular formula is C35H25ClF2N6O5. The summed E-state index contributed by atoms with van der Waals surface area (Å²) in [5, 5.41) is 21.2. The first-order valence-electron chi connectivity index (χ1n) is 15.5. The van der Waals surface area contributed by atoms with Crippen molar-refractivity contribution in [3.05, 3.63) is 92.2 Å². The van der Waals surface area contributed by atoms with Gasteiger partial charge in [-0.05, 0) is 55.5 Å². The Morgan fingerprint density at radius 3 is 2.45 bits per heavy atom. The van der Waals surface area contributed by atoms with Crippen molar-refractivity contribution in [1.29, 1.82) is 5.26 Å². The Morgan fingerprint density at radius 1 is 1.08 bits per heavy atom. The molecule has 2 saturated carbocycles. The normalized spacial score (nSPS) is 16.2. The lowest BCUT2D eigenvalue weighted by Crippen LogP contribution is -2.30. The van der Waals surface area contributed by atoms with Crippen LogP contribution in [0.1, 0.15) is 57.7 Å². The Balaban J connectivity index is 1.31. The minimum atomic E-state index is -1.55. The van der Waals surface area contributed by atoms with E-state index in [1.165, 1.54) is 23.0 Å². The van der Waals surface area contributed by atoms with Crippen LogP contribution < -0.4 is 15.0 Å². The standard InChI is InChI=1S/C35H25ClF2N6O5/c1-43-31(29-22(13-39)26(49-18-6-7-18)12-24(36)30(29)37)23(14-40-43)17-10-21-25(15-44-33(46)19-4-2-3-5-20(19)34(44)47)41-42-32(45)28(21)27(11-17)48-16-35(38)8-9-35/h2-5,10-12,14,18H,6-9,15-16H2,1H3,(H,42,45). The van der Waals surface area contributed by atoms with Crippen LogP contribution in [0.25, 0.3) is 33.2 Å². The number of benzene rings is 3. The molecule has 3 heterocycles. The largest absolute Gasteiger partial charge is 0.489 e. The van der Waals surface area contributed by atoms with Gasteiger partial charge in [-0.1, -0.05) is 23.7 Å². The van der Waals surface area contributed by atoms with Gasteiger partial charge in [-0.15, -0.1) is 0 Å². The second-order valence-electron chi connectivity index (χ2n) is 12.5. The Bertz CT molecular complexity index is 2320. The highest BCUT2D eigenvalue weighted by Gasteiger charge is 2.44. The molecule has 3 aliphatic rings. The number of carbonyl (C=O) groups excluding carboxylic acids is 2. The van der Waals surface area contributed by atoms with E-state index < -0.39 is 28.9 Å². The fourth-order valence-electron chi connectivity index (χ4n) is 6.06. The first kappa shape index (κ1) is 30.7. The van der Waals surface area contributed by atoms with Crippen molar-refractivity contribution in [2.75, 3.05) is 6.61 Å². The van der Waals surface area contributed by atoms with Gasteiger partial charge in [-0.25, -0.2) is 13.9 Å². The number of hydrogen-bond donors (Lipinski definition) is 1. The highest BCUT2D eigenvalue weighted by Crippen LogP contribution is 2.45. The summed E-state index contributed by atoms with van der Waals surface area (Å²) >= 11 is 6.33. The second kappa shape index (κ2) is 11.2. The Morgan fingerprint density at radius 2 is 1.80 bits per heavy atom. The van der Waals surface area contributed by atoms with Crippen LogP contribution >= 0.6 is 11.6 Å². The number of H-pyrrole nitrogens is 1.